The van der Waals surface area contributed by atoms with Crippen LogP contribution in [0.1, 0.15) is 34.6 Å². The summed E-state index contributed by atoms with van der Waals surface area (Å²) in [6, 6.07) is 0.863. The van der Waals surface area contributed by atoms with E-state index in [4.69, 9.17) is 0 Å². The molecule has 2 fully saturated rings. The Morgan fingerprint density at radius 3 is 3.14 bits per heavy atom. The third-order valence-corrected chi connectivity index (χ3v) is 5.18. The Hall–Kier alpha value is -1.40. The molecule has 3 heterocycles. The molecule has 0 aromatic carbocycles. The quantitative estimate of drug-likeness (QED) is 0.805. The van der Waals surface area contributed by atoms with E-state index in [1.165, 1.54) is 0 Å². The minimum atomic E-state index is 0.00704. The number of aromatic nitrogens is 2. The highest BCUT2D eigenvalue weighted by Gasteiger charge is 2.36. The SMILES string of the molecule is CN1CCN2C[C@@H](NC(=O)c3n[nH]c4c3CCC4)C[C@H]2C1. The Bertz CT molecular complexity index is 554. The third kappa shape index (κ3) is 2.36. The molecular weight excluding hydrogens is 266 g/mol. The number of amides is 1. The Morgan fingerprint density at radius 2 is 2.24 bits per heavy atom. The number of H-pyrrole nitrogens is 1. The van der Waals surface area contributed by atoms with Gasteiger partial charge in [0.05, 0.1) is 0 Å². The van der Waals surface area contributed by atoms with E-state index < -0.39 is 0 Å². The van der Waals surface area contributed by atoms with Gasteiger partial charge in [0.15, 0.2) is 5.69 Å². The van der Waals surface area contributed by atoms with Crippen LogP contribution in [0.15, 0.2) is 0 Å². The molecule has 1 aliphatic carbocycles. The molecule has 1 aromatic heterocycles. The Balaban J connectivity index is 1.41. The van der Waals surface area contributed by atoms with E-state index in [0.717, 1.165) is 63.1 Å². The molecular formula is C15H23N5O. The molecule has 0 spiro atoms. The van der Waals surface area contributed by atoms with Crippen LogP contribution in [0.2, 0.25) is 0 Å². The van der Waals surface area contributed by atoms with Gasteiger partial charge in [-0.15, -0.1) is 0 Å². The molecule has 0 radical (unpaired) electrons. The van der Waals surface area contributed by atoms with Gasteiger partial charge in [0.2, 0.25) is 0 Å². The number of aryl methyl sites for hydroxylation is 1. The summed E-state index contributed by atoms with van der Waals surface area (Å²) in [5, 5.41) is 10.4. The lowest BCUT2D eigenvalue weighted by Gasteiger charge is -2.34. The van der Waals surface area contributed by atoms with Crippen LogP contribution in [-0.2, 0) is 12.8 Å². The first-order valence-electron chi connectivity index (χ1n) is 8.00. The molecule has 114 valence electrons. The normalized spacial score (nSPS) is 29.4. The third-order valence-electron chi connectivity index (χ3n) is 5.18. The first kappa shape index (κ1) is 13.3. The summed E-state index contributed by atoms with van der Waals surface area (Å²) in [5.74, 6) is 0.00704. The Morgan fingerprint density at radius 1 is 1.33 bits per heavy atom. The van der Waals surface area contributed by atoms with E-state index >= 15 is 0 Å². The Kier molecular flexibility index (Phi) is 3.23. The molecule has 21 heavy (non-hydrogen) atoms. The van der Waals surface area contributed by atoms with E-state index in [2.05, 4.69) is 32.4 Å². The number of piperazine rings is 1. The fourth-order valence-corrected chi connectivity index (χ4v) is 4.06. The van der Waals surface area contributed by atoms with E-state index in [9.17, 15) is 4.79 Å². The van der Waals surface area contributed by atoms with Crippen LogP contribution in [0.4, 0.5) is 0 Å². The van der Waals surface area contributed by atoms with Crippen LogP contribution < -0.4 is 5.32 Å². The lowest BCUT2D eigenvalue weighted by atomic mass is 10.1. The van der Waals surface area contributed by atoms with Crippen LogP contribution >= 0.6 is 0 Å². The van der Waals surface area contributed by atoms with E-state index in [-0.39, 0.29) is 11.9 Å². The summed E-state index contributed by atoms with van der Waals surface area (Å²) in [6.45, 7) is 4.34. The number of nitrogens with one attached hydrogen (secondary N) is 2. The zero-order valence-corrected chi connectivity index (χ0v) is 12.6. The molecule has 2 atom stereocenters. The number of carbonyl (C=O) groups excluding carboxylic acids is 1. The molecule has 0 unspecified atom stereocenters. The highest BCUT2D eigenvalue weighted by Crippen LogP contribution is 2.24. The number of rotatable bonds is 2. The van der Waals surface area contributed by atoms with Gasteiger partial charge < -0.3 is 10.2 Å². The van der Waals surface area contributed by atoms with Crippen LogP contribution in [0, 0.1) is 0 Å². The molecule has 2 saturated heterocycles. The number of aromatic amines is 1. The monoisotopic (exact) mass is 289 g/mol. The van der Waals surface area contributed by atoms with Gasteiger partial charge in [-0.3, -0.25) is 14.8 Å². The van der Waals surface area contributed by atoms with E-state index in [1.807, 2.05) is 0 Å². The summed E-state index contributed by atoms with van der Waals surface area (Å²) in [6.07, 6.45) is 4.21. The number of carbonyl (C=O) groups is 1. The Labute approximate surface area is 124 Å². The van der Waals surface area contributed by atoms with Crippen LogP contribution in [-0.4, -0.2) is 71.2 Å². The number of hydrogen-bond acceptors (Lipinski definition) is 4. The molecule has 2 N–H and O–H groups in total. The second-order valence-corrected chi connectivity index (χ2v) is 6.70. The predicted octanol–water partition coefficient (Wildman–Crippen LogP) is 0.0165. The number of likely N-dealkylation sites (N-methyl/N-ethyl adjacent to an activating group) is 1. The standard InChI is InChI=1S/C15H23N5O/c1-19-5-6-20-8-10(7-11(20)9-19)16-15(21)14-12-3-2-4-13(12)17-18-14/h10-11H,2-9H2,1H3,(H,16,21)(H,17,18)/t10-,11-/m0/s1. The molecule has 1 aromatic rings. The zero-order chi connectivity index (χ0) is 14.4. The van der Waals surface area contributed by atoms with Crippen molar-refractivity contribution in [3.8, 4) is 0 Å². The van der Waals surface area contributed by atoms with Crippen molar-refractivity contribution in [1.82, 2.24) is 25.3 Å². The maximum atomic E-state index is 12.5. The summed E-state index contributed by atoms with van der Waals surface area (Å²) in [7, 11) is 2.18. The van der Waals surface area contributed by atoms with E-state index in [1.54, 1.807) is 0 Å². The zero-order valence-electron chi connectivity index (χ0n) is 12.6. The maximum absolute atomic E-state index is 12.5. The van der Waals surface area contributed by atoms with Crippen LogP contribution in [0.5, 0.6) is 0 Å². The van der Waals surface area contributed by atoms with Crippen molar-refractivity contribution in [1.29, 1.82) is 0 Å². The van der Waals surface area contributed by atoms with Gasteiger partial charge in [-0.05, 0) is 32.7 Å². The molecule has 3 aliphatic rings. The largest absolute Gasteiger partial charge is 0.347 e. The second-order valence-electron chi connectivity index (χ2n) is 6.70. The highest BCUT2D eigenvalue weighted by atomic mass is 16.2. The van der Waals surface area contributed by atoms with Gasteiger partial charge in [0.25, 0.3) is 5.91 Å². The smallest absolute Gasteiger partial charge is 0.272 e. The lowest BCUT2D eigenvalue weighted by Crippen LogP contribution is -2.48. The highest BCUT2D eigenvalue weighted by molar-refractivity contribution is 5.94. The molecule has 0 bridgehead atoms. The number of fused-ring (bicyclic) bond motifs is 2. The topological polar surface area (TPSA) is 64.3 Å². The summed E-state index contributed by atoms with van der Waals surface area (Å²) >= 11 is 0. The molecule has 1 amide bonds. The average Bonchev–Trinajstić information content (AvgIpc) is 3.10. The molecule has 6 heteroatoms. The first-order valence-corrected chi connectivity index (χ1v) is 8.00. The van der Waals surface area contributed by atoms with Gasteiger partial charge in [0, 0.05) is 49.5 Å². The summed E-state index contributed by atoms with van der Waals surface area (Å²) in [5.41, 5.74) is 2.93. The van der Waals surface area contributed by atoms with Gasteiger partial charge >= 0.3 is 0 Å². The number of nitrogens with zero attached hydrogens (tertiary/aromatic N) is 3. The van der Waals surface area contributed by atoms with E-state index in [0.29, 0.717) is 11.7 Å². The minimum Gasteiger partial charge on any atom is -0.347 e. The van der Waals surface area contributed by atoms with Crippen molar-refractivity contribution < 1.29 is 4.79 Å². The van der Waals surface area contributed by atoms with Gasteiger partial charge in [-0.2, -0.15) is 5.10 Å². The van der Waals surface area contributed by atoms with Crippen molar-refractivity contribution in [3.63, 3.8) is 0 Å². The molecule has 0 saturated carbocycles. The fourth-order valence-electron chi connectivity index (χ4n) is 4.06. The summed E-state index contributed by atoms with van der Waals surface area (Å²) < 4.78 is 0. The fraction of sp³-hybridized carbons (Fsp3) is 0.733. The van der Waals surface area contributed by atoms with Crippen LogP contribution in [0.25, 0.3) is 0 Å². The lowest BCUT2D eigenvalue weighted by molar-refractivity contribution is 0.0930. The summed E-state index contributed by atoms with van der Waals surface area (Å²) in [4.78, 5) is 17.4. The minimum absolute atomic E-state index is 0.00704. The van der Waals surface area contributed by atoms with Crippen LogP contribution in [0.3, 0.4) is 0 Å². The molecule has 4 rings (SSSR count). The van der Waals surface area contributed by atoms with Crippen molar-refractivity contribution in [3.05, 3.63) is 17.0 Å². The second kappa shape index (κ2) is 5.10. The van der Waals surface area contributed by atoms with Gasteiger partial charge in [-0.1, -0.05) is 0 Å². The molecule has 2 aliphatic heterocycles. The van der Waals surface area contributed by atoms with Gasteiger partial charge in [0.1, 0.15) is 0 Å². The number of hydrogen-bond donors (Lipinski definition) is 2. The first-order chi connectivity index (χ1) is 10.2. The average molecular weight is 289 g/mol. The van der Waals surface area contributed by atoms with Crippen molar-refractivity contribution >= 4 is 5.91 Å². The van der Waals surface area contributed by atoms with Gasteiger partial charge in [-0.25, -0.2) is 0 Å². The van der Waals surface area contributed by atoms with Crippen molar-refractivity contribution in [2.45, 2.75) is 37.8 Å². The van der Waals surface area contributed by atoms with Crippen molar-refractivity contribution in [2.24, 2.45) is 0 Å². The predicted molar refractivity (Wildman–Crippen MR) is 79.3 cm³/mol. The van der Waals surface area contributed by atoms with Crippen molar-refractivity contribution in [2.75, 3.05) is 33.2 Å². The maximum Gasteiger partial charge on any atom is 0.272 e. The molecule has 6 nitrogen and oxygen atoms in total.